The molecule has 0 fully saturated rings. The van der Waals surface area contributed by atoms with Crippen LogP contribution in [0.2, 0.25) is 0 Å². The van der Waals surface area contributed by atoms with E-state index in [0.29, 0.717) is 121 Å². The molecule has 38 heteroatoms. The molecular formula is C83H145N23O15. The molecule has 0 aliphatic carbocycles. The molecule has 0 aliphatic heterocycles. The molecule has 121 heavy (non-hydrogen) atoms. The minimum absolute atomic E-state index is 0.00260. The number of hydrogen-bond donors (Lipinski definition) is 23. The SMILES string of the molecule is CC[C@H](C)[C@H](NC(=O)CN)C(=O)N[C@@H](CCCCN)C(=O)N[C@@H](CCCCN)C(=O)N[C@@H](Cc1ccccc1)C(=O)N[C@@H](CC(C)C)C(=O)N[C@@H](CCCCN)C(=O)N[C@@H](CCCCN)C(=O)N[C@@H](C)C(=O)N[C@@H](CCCCN)C(=O)N[C@@H](CCCCN)C(=O)N[C@@H](Cc1ccccc1)C(=O)N[C@@H](C)C(=O)N[C@@H](CCCCN)C(=O)N[C@@H](C)C(N)=O. The summed E-state index contributed by atoms with van der Waals surface area (Å²) in [5.74, 6) is -12.0. The van der Waals surface area contributed by atoms with Gasteiger partial charge in [-0.05, 0) is 231 Å². The molecule has 0 saturated carbocycles. The van der Waals surface area contributed by atoms with Crippen LogP contribution in [0.4, 0.5) is 0 Å². The zero-order valence-electron chi connectivity index (χ0n) is 72.2. The second-order valence-electron chi connectivity index (χ2n) is 31.3. The fourth-order valence-electron chi connectivity index (χ4n) is 13.0. The summed E-state index contributed by atoms with van der Waals surface area (Å²) in [6.07, 6.45) is 6.30. The van der Waals surface area contributed by atoms with Crippen LogP contribution in [0.25, 0.3) is 0 Å². The first-order chi connectivity index (χ1) is 57.8. The number of carbonyl (C=O) groups is 15. The highest BCUT2D eigenvalue weighted by Gasteiger charge is 2.38. The fraction of sp³-hybridized carbons (Fsp3) is 0.675. The van der Waals surface area contributed by atoms with Gasteiger partial charge in [0.1, 0.15) is 84.6 Å². The summed E-state index contributed by atoms with van der Waals surface area (Å²) >= 11 is 0. The van der Waals surface area contributed by atoms with Crippen molar-refractivity contribution in [3.05, 3.63) is 71.8 Å². The molecular weight excluding hydrogens is 1560 g/mol. The molecule has 2 aromatic carbocycles. The van der Waals surface area contributed by atoms with E-state index < -0.39 is 173 Å². The van der Waals surface area contributed by atoms with Crippen molar-refractivity contribution in [3.8, 4) is 0 Å². The average Bonchev–Trinajstić information content (AvgIpc) is 0.873. The molecule has 0 spiro atoms. The Morgan fingerprint density at radius 1 is 0.273 bits per heavy atom. The van der Waals surface area contributed by atoms with E-state index in [4.69, 9.17) is 51.6 Å². The van der Waals surface area contributed by atoms with Gasteiger partial charge in [0.05, 0.1) is 6.54 Å². The topological polar surface area (TPSA) is 659 Å². The maximum absolute atomic E-state index is 14.9. The van der Waals surface area contributed by atoms with Crippen LogP contribution >= 0.6 is 0 Å². The molecule has 32 N–H and O–H groups in total. The number of carbonyl (C=O) groups excluding carboxylic acids is 15. The van der Waals surface area contributed by atoms with Crippen molar-refractivity contribution >= 4 is 88.6 Å². The van der Waals surface area contributed by atoms with E-state index in [1.165, 1.54) is 20.8 Å². The van der Waals surface area contributed by atoms with E-state index >= 15 is 0 Å². The number of rotatable bonds is 65. The molecule has 0 heterocycles. The van der Waals surface area contributed by atoms with Gasteiger partial charge in [0.2, 0.25) is 88.6 Å². The quantitative estimate of drug-likeness (QED) is 0.0289. The Kier molecular flexibility index (Phi) is 54.5. The number of primary amides is 1. The van der Waals surface area contributed by atoms with Gasteiger partial charge in [0, 0.05) is 12.8 Å². The molecule has 2 rings (SSSR count). The van der Waals surface area contributed by atoms with E-state index in [0.717, 1.165) is 0 Å². The lowest BCUT2D eigenvalue weighted by molar-refractivity contribution is -0.136. The number of unbranched alkanes of at least 4 members (excludes halogenated alkanes) is 7. The molecule has 0 bridgehead atoms. The molecule has 15 amide bonds. The maximum Gasteiger partial charge on any atom is 0.243 e. The zero-order chi connectivity index (χ0) is 90.4. The monoisotopic (exact) mass is 1700 g/mol. The van der Waals surface area contributed by atoms with Crippen LogP contribution in [-0.4, -0.2) is 226 Å². The lowest BCUT2D eigenvalue weighted by atomic mass is 9.97. The lowest BCUT2D eigenvalue weighted by Crippen LogP contribution is -2.61. The van der Waals surface area contributed by atoms with E-state index in [9.17, 15) is 71.9 Å². The normalized spacial score (nSPS) is 14.9. The number of benzene rings is 2. The van der Waals surface area contributed by atoms with Gasteiger partial charge in [-0.15, -0.1) is 0 Å². The average molecular weight is 1710 g/mol. The minimum atomic E-state index is -1.38. The van der Waals surface area contributed by atoms with Crippen molar-refractivity contribution in [2.45, 2.75) is 294 Å². The van der Waals surface area contributed by atoms with E-state index in [1.54, 1.807) is 67.6 Å². The first-order valence-corrected chi connectivity index (χ1v) is 43.0. The Bertz CT molecular complexity index is 3500. The molecule has 0 aromatic heterocycles. The summed E-state index contributed by atoms with van der Waals surface area (Å²) in [6.45, 7) is 12.7. The first-order valence-electron chi connectivity index (χ1n) is 43.0. The summed E-state index contributed by atoms with van der Waals surface area (Å²) in [5.41, 5.74) is 53.2. The van der Waals surface area contributed by atoms with Gasteiger partial charge in [-0.2, -0.15) is 0 Å². The van der Waals surface area contributed by atoms with Crippen LogP contribution in [0.15, 0.2) is 60.7 Å². The number of nitrogens with one attached hydrogen (secondary N) is 14. The van der Waals surface area contributed by atoms with E-state index in [1.807, 2.05) is 20.8 Å². The van der Waals surface area contributed by atoms with Crippen molar-refractivity contribution < 1.29 is 71.9 Å². The maximum atomic E-state index is 14.9. The summed E-state index contributed by atoms with van der Waals surface area (Å²) in [6, 6.07) is -0.411. The molecule has 682 valence electrons. The molecule has 0 unspecified atom stereocenters. The molecule has 15 atom stereocenters. The van der Waals surface area contributed by atoms with Crippen LogP contribution in [0.3, 0.4) is 0 Å². The van der Waals surface area contributed by atoms with Gasteiger partial charge in [-0.3, -0.25) is 71.9 Å². The van der Waals surface area contributed by atoms with Crippen molar-refractivity contribution in [2.75, 3.05) is 52.4 Å². The minimum Gasteiger partial charge on any atom is -0.368 e. The van der Waals surface area contributed by atoms with Crippen LogP contribution in [0.1, 0.15) is 207 Å². The molecule has 38 nitrogen and oxygen atoms in total. The van der Waals surface area contributed by atoms with Crippen LogP contribution in [-0.2, 0) is 84.8 Å². The molecule has 0 aliphatic rings. The Morgan fingerprint density at radius 2 is 0.504 bits per heavy atom. The van der Waals surface area contributed by atoms with Gasteiger partial charge in [-0.1, -0.05) is 94.8 Å². The predicted octanol–water partition coefficient (Wildman–Crippen LogP) is -3.24. The van der Waals surface area contributed by atoms with Gasteiger partial charge < -0.3 is 126 Å². The molecule has 2 aromatic rings. The van der Waals surface area contributed by atoms with Gasteiger partial charge in [0.25, 0.3) is 0 Å². The third-order valence-electron chi connectivity index (χ3n) is 20.5. The lowest BCUT2D eigenvalue weighted by Gasteiger charge is -2.29. The van der Waals surface area contributed by atoms with Crippen molar-refractivity contribution in [1.82, 2.24) is 74.4 Å². The standard InChI is InChI=1S/C83H145N23O15/c1-8-52(4)69(106-68(107)50-91)83(121)102-64(39-21-28-46-90)77(115)100-63(38-20-27-45-89)79(117)105-67(49-57-31-13-10-14-32-57)82(120)103-65(47-51(2)3)81(119)101-61(36-18-25-43-87)76(114)98-59(34-16-23-41-85)74(112)94-54(6)71(109)97-60(35-17-24-42-86)75(113)99-62(37-19-26-44-88)78(116)104-66(48-56-29-11-9-12-30-56)80(118)95-55(7)72(110)96-58(33-15-22-40-84)73(111)93-53(5)70(92)108/h9-14,29-32,51-55,58-67,69H,8,15-28,33-50,84-91H2,1-7H3,(H2,92,108)(H,93,111)(H,94,112)(H,95,118)(H,96,110)(H,97,109)(H,98,114)(H,99,113)(H,100,115)(H,101,119)(H,102,121)(H,103,120)(H,104,116)(H,105,117)(H,106,107)/t52-,53-,54-,55-,58-,59-,60-,61-,62-,63-,64-,65-,66-,67-,69-/m0/s1. The third kappa shape index (κ3) is 43.0. The van der Waals surface area contributed by atoms with Crippen LogP contribution < -0.4 is 126 Å². The number of amides is 15. The highest BCUT2D eigenvalue weighted by atomic mass is 16.2. The summed E-state index contributed by atoms with van der Waals surface area (Å²) in [5, 5.41) is 38.1. The first kappa shape index (κ1) is 107. The summed E-state index contributed by atoms with van der Waals surface area (Å²) in [7, 11) is 0. The van der Waals surface area contributed by atoms with Gasteiger partial charge >= 0.3 is 0 Å². The Balaban J connectivity index is 2.55. The van der Waals surface area contributed by atoms with Crippen LogP contribution in [0.5, 0.6) is 0 Å². The second kappa shape index (κ2) is 61.5. The smallest absolute Gasteiger partial charge is 0.243 e. The fourth-order valence-corrected chi connectivity index (χ4v) is 13.0. The van der Waals surface area contributed by atoms with Crippen molar-refractivity contribution in [2.24, 2.45) is 63.4 Å². The van der Waals surface area contributed by atoms with Crippen LogP contribution in [0, 0.1) is 11.8 Å². The summed E-state index contributed by atoms with van der Waals surface area (Å²) < 4.78 is 0. The number of hydrogen-bond acceptors (Lipinski definition) is 23. The van der Waals surface area contributed by atoms with Gasteiger partial charge in [-0.25, -0.2) is 0 Å². The highest BCUT2D eigenvalue weighted by molar-refractivity contribution is 6.00. The Morgan fingerprint density at radius 3 is 0.769 bits per heavy atom. The van der Waals surface area contributed by atoms with E-state index in [-0.39, 0.29) is 115 Å². The van der Waals surface area contributed by atoms with Crippen molar-refractivity contribution in [1.29, 1.82) is 0 Å². The second-order valence-corrected chi connectivity index (χ2v) is 31.3. The van der Waals surface area contributed by atoms with Gasteiger partial charge in [0.15, 0.2) is 0 Å². The zero-order valence-corrected chi connectivity index (χ0v) is 72.2. The highest BCUT2D eigenvalue weighted by Crippen LogP contribution is 2.17. The Hall–Kier alpha value is -9.83. The summed E-state index contributed by atoms with van der Waals surface area (Å²) in [4.78, 5) is 211. The Labute approximate surface area is 713 Å². The van der Waals surface area contributed by atoms with Crippen molar-refractivity contribution in [3.63, 3.8) is 0 Å². The van der Waals surface area contributed by atoms with E-state index in [2.05, 4.69) is 74.4 Å². The molecule has 0 saturated heterocycles. The third-order valence-corrected chi connectivity index (χ3v) is 20.5. The predicted molar refractivity (Wildman–Crippen MR) is 462 cm³/mol. The largest absolute Gasteiger partial charge is 0.368 e. The number of nitrogens with two attached hydrogens (primary N) is 9. The molecule has 0 radical (unpaired) electrons.